The van der Waals surface area contributed by atoms with Gasteiger partial charge in [0, 0.05) is 0 Å². The second kappa shape index (κ2) is 4.41. The second-order valence-corrected chi connectivity index (χ2v) is 3.81. The van der Waals surface area contributed by atoms with Crippen LogP contribution in [0.25, 0.3) is 11.0 Å². The molecule has 0 saturated heterocycles. The van der Waals surface area contributed by atoms with Crippen LogP contribution in [0.3, 0.4) is 0 Å². The van der Waals surface area contributed by atoms with Crippen molar-refractivity contribution in [2.75, 3.05) is 7.11 Å². The molecule has 0 atom stereocenters. The van der Waals surface area contributed by atoms with E-state index in [1.165, 1.54) is 0 Å². The van der Waals surface area contributed by atoms with Crippen molar-refractivity contribution in [2.45, 2.75) is 0 Å². The summed E-state index contributed by atoms with van der Waals surface area (Å²) in [5, 5.41) is 0. The Hall–Kier alpha value is -2.49. The third-order valence-corrected chi connectivity index (χ3v) is 2.64. The smallest absolute Gasteiger partial charge is 0.300 e. The number of para-hydroxylation sites is 4. The molecule has 0 radical (unpaired) electrons. The molecule has 18 heavy (non-hydrogen) atoms. The average Bonchev–Trinajstić information content (AvgIpc) is 2.81. The number of ether oxygens (including phenoxy) is 2. The van der Waals surface area contributed by atoms with Crippen molar-refractivity contribution < 1.29 is 9.47 Å². The third-order valence-electron chi connectivity index (χ3n) is 2.64. The van der Waals surface area contributed by atoms with E-state index in [0.717, 1.165) is 11.0 Å². The molecule has 0 saturated carbocycles. The van der Waals surface area contributed by atoms with Gasteiger partial charge in [0.05, 0.1) is 18.1 Å². The standard InChI is InChI=1S/C14H12N2O2/c1-17-12-8-4-5-9-13(12)18-14-15-10-6-2-3-7-11(10)16-14/h2-9H,1H3,(H,15,16). The van der Waals surface area contributed by atoms with Crippen molar-refractivity contribution in [1.82, 2.24) is 9.97 Å². The van der Waals surface area contributed by atoms with E-state index in [0.29, 0.717) is 17.5 Å². The van der Waals surface area contributed by atoms with E-state index in [1.807, 2.05) is 48.5 Å². The van der Waals surface area contributed by atoms with Gasteiger partial charge < -0.3 is 14.5 Å². The molecule has 90 valence electrons. The number of nitrogens with zero attached hydrogens (tertiary/aromatic N) is 1. The lowest BCUT2D eigenvalue weighted by Gasteiger charge is -2.06. The van der Waals surface area contributed by atoms with Gasteiger partial charge in [-0.2, -0.15) is 4.98 Å². The molecule has 3 aromatic rings. The van der Waals surface area contributed by atoms with Crippen LogP contribution in [0.5, 0.6) is 17.5 Å². The number of H-pyrrole nitrogens is 1. The SMILES string of the molecule is COc1ccccc1Oc1nc2ccccc2[nH]1. The molecule has 1 aromatic heterocycles. The van der Waals surface area contributed by atoms with E-state index in [4.69, 9.17) is 9.47 Å². The zero-order chi connectivity index (χ0) is 12.4. The van der Waals surface area contributed by atoms with E-state index < -0.39 is 0 Å². The summed E-state index contributed by atoms with van der Waals surface area (Å²) >= 11 is 0. The Morgan fingerprint density at radius 3 is 2.44 bits per heavy atom. The zero-order valence-electron chi connectivity index (χ0n) is 9.88. The summed E-state index contributed by atoms with van der Waals surface area (Å²) < 4.78 is 10.9. The molecule has 2 aromatic carbocycles. The van der Waals surface area contributed by atoms with E-state index in [2.05, 4.69) is 9.97 Å². The zero-order valence-corrected chi connectivity index (χ0v) is 9.88. The summed E-state index contributed by atoms with van der Waals surface area (Å²) in [4.78, 5) is 7.46. The van der Waals surface area contributed by atoms with Crippen LogP contribution in [0, 0.1) is 0 Å². The monoisotopic (exact) mass is 240 g/mol. The number of hydrogen-bond donors (Lipinski definition) is 1. The van der Waals surface area contributed by atoms with Crippen molar-refractivity contribution in [1.29, 1.82) is 0 Å². The van der Waals surface area contributed by atoms with E-state index in [-0.39, 0.29) is 0 Å². The molecule has 3 rings (SSSR count). The first-order valence-corrected chi connectivity index (χ1v) is 5.62. The first-order chi connectivity index (χ1) is 8.86. The van der Waals surface area contributed by atoms with Gasteiger partial charge in [0.25, 0.3) is 6.01 Å². The van der Waals surface area contributed by atoms with Gasteiger partial charge in [-0.05, 0) is 24.3 Å². The van der Waals surface area contributed by atoms with Crippen molar-refractivity contribution in [2.24, 2.45) is 0 Å². The highest BCUT2D eigenvalue weighted by Crippen LogP contribution is 2.30. The van der Waals surface area contributed by atoms with Crippen LogP contribution in [0.1, 0.15) is 0 Å². The molecule has 0 aliphatic heterocycles. The number of benzene rings is 2. The summed E-state index contributed by atoms with van der Waals surface area (Å²) in [5.74, 6) is 1.32. The first-order valence-electron chi connectivity index (χ1n) is 5.62. The topological polar surface area (TPSA) is 47.1 Å². The largest absolute Gasteiger partial charge is 0.493 e. The maximum Gasteiger partial charge on any atom is 0.300 e. The minimum atomic E-state index is 0.459. The molecule has 4 heteroatoms. The van der Waals surface area contributed by atoms with Gasteiger partial charge in [0.15, 0.2) is 11.5 Å². The molecule has 0 bridgehead atoms. The minimum Gasteiger partial charge on any atom is -0.493 e. The molecule has 0 aliphatic rings. The van der Waals surface area contributed by atoms with Crippen LogP contribution in [0.15, 0.2) is 48.5 Å². The Morgan fingerprint density at radius 2 is 1.67 bits per heavy atom. The number of aromatic nitrogens is 2. The van der Waals surface area contributed by atoms with Gasteiger partial charge in [0.2, 0.25) is 0 Å². The molecule has 1 N–H and O–H groups in total. The van der Waals surface area contributed by atoms with Crippen molar-refractivity contribution in [3.05, 3.63) is 48.5 Å². The van der Waals surface area contributed by atoms with Crippen molar-refractivity contribution in [3.8, 4) is 17.5 Å². The molecule has 1 heterocycles. The highest BCUT2D eigenvalue weighted by atomic mass is 16.5. The number of methoxy groups -OCH3 is 1. The lowest BCUT2D eigenvalue weighted by Crippen LogP contribution is -1.90. The van der Waals surface area contributed by atoms with Gasteiger partial charge in [-0.1, -0.05) is 24.3 Å². The fraction of sp³-hybridized carbons (Fsp3) is 0.0714. The Bertz CT molecular complexity index is 643. The van der Waals surface area contributed by atoms with Gasteiger partial charge >= 0.3 is 0 Å². The predicted molar refractivity (Wildman–Crippen MR) is 69.2 cm³/mol. The highest BCUT2D eigenvalue weighted by molar-refractivity contribution is 5.75. The van der Waals surface area contributed by atoms with Gasteiger partial charge in [-0.3, -0.25) is 0 Å². The number of nitrogens with one attached hydrogen (secondary N) is 1. The Labute approximate surface area is 104 Å². The lowest BCUT2D eigenvalue weighted by molar-refractivity contribution is 0.370. The minimum absolute atomic E-state index is 0.459. The van der Waals surface area contributed by atoms with Gasteiger partial charge in [-0.25, -0.2) is 0 Å². The van der Waals surface area contributed by atoms with E-state index >= 15 is 0 Å². The maximum atomic E-state index is 5.69. The molecule has 0 unspecified atom stereocenters. The van der Waals surface area contributed by atoms with Crippen LogP contribution < -0.4 is 9.47 Å². The molecule has 0 spiro atoms. The van der Waals surface area contributed by atoms with Crippen LogP contribution >= 0.6 is 0 Å². The Morgan fingerprint density at radius 1 is 0.944 bits per heavy atom. The molecule has 4 nitrogen and oxygen atoms in total. The molecule has 0 fully saturated rings. The van der Waals surface area contributed by atoms with Crippen molar-refractivity contribution >= 4 is 11.0 Å². The fourth-order valence-electron chi connectivity index (χ4n) is 1.79. The number of hydrogen-bond acceptors (Lipinski definition) is 3. The van der Waals surface area contributed by atoms with Crippen LogP contribution in [0.2, 0.25) is 0 Å². The molecule has 0 amide bonds. The summed E-state index contributed by atoms with van der Waals surface area (Å²) in [6, 6.07) is 15.7. The Kier molecular flexibility index (Phi) is 2.61. The van der Waals surface area contributed by atoms with Gasteiger partial charge in [-0.15, -0.1) is 0 Å². The molecular formula is C14H12N2O2. The number of aromatic amines is 1. The third kappa shape index (κ3) is 1.88. The van der Waals surface area contributed by atoms with E-state index in [9.17, 15) is 0 Å². The van der Waals surface area contributed by atoms with Crippen molar-refractivity contribution in [3.63, 3.8) is 0 Å². The Balaban J connectivity index is 1.96. The lowest BCUT2D eigenvalue weighted by atomic mass is 10.3. The van der Waals surface area contributed by atoms with Crippen LogP contribution in [-0.2, 0) is 0 Å². The molecular weight excluding hydrogens is 228 g/mol. The van der Waals surface area contributed by atoms with Gasteiger partial charge in [0.1, 0.15) is 0 Å². The quantitative estimate of drug-likeness (QED) is 0.763. The second-order valence-electron chi connectivity index (χ2n) is 3.81. The average molecular weight is 240 g/mol. The normalized spacial score (nSPS) is 10.5. The highest BCUT2D eigenvalue weighted by Gasteiger charge is 2.07. The summed E-state index contributed by atoms with van der Waals surface area (Å²) in [6.07, 6.45) is 0. The number of fused-ring (bicyclic) bond motifs is 1. The summed E-state index contributed by atoms with van der Waals surface area (Å²) in [5.41, 5.74) is 1.82. The van der Waals surface area contributed by atoms with E-state index in [1.54, 1.807) is 7.11 Å². The maximum absolute atomic E-state index is 5.69. The summed E-state index contributed by atoms with van der Waals surface area (Å²) in [7, 11) is 1.61. The number of imidazole rings is 1. The fourth-order valence-corrected chi connectivity index (χ4v) is 1.79. The van der Waals surface area contributed by atoms with Crippen LogP contribution in [0.4, 0.5) is 0 Å². The number of rotatable bonds is 3. The summed E-state index contributed by atoms with van der Waals surface area (Å²) in [6.45, 7) is 0. The first kappa shape index (κ1) is 10.7. The molecule has 0 aliphatic carbocycles. The van der Waals surface area contributed by atoms with Crippen LogP contribution in [-0.4, -0.2) is 17.1 Å². The predicted octanol–water partition coefficient (Wildman–Crippen LogP) is 3.36.